The van der Waals surface area contributed by atoms with Gasteiger partial charge < -0.3 is 5.32 Å². The number of pyridine rings is 1. The van der Waals surface area contributed by atoms with Gasteiger partial charge in [0.15, 0.2) is 11.6 Å². The van der Waals surface area contributed by atoms with Gasteiger partial charge in [-0.1, -0.05) is 18.2 Å². The molecule has 0 aliphatic carbocycles. The second-order valence-corrected chi connectivity index (χ2v) is 5.38. The third-order valence-corrected chi connectivity index (χ3v) is 3.72. The number of nitrogens with zero attached hydrogens (tertiary/aromatic N) is 7. The standard InChI is InChI=1S/C17H14N8O/c26-17(13-6-7-19-15(8-13)25-11-18-10-22-25)20-9-16-23-21-12-24(16)14-4-2-1-3-5-14/h1-8,10-12H,9H2,(H,20,26). The number of aromatic nitrogens is 7. The van der Waals surface area contributed by atoms with Crippen LogP contribution in [0.5, 0.6) is 0 Å². The summed E-state index contributed by atoms with van der Waals surface area (Å²) < 4.78 is 3.32. The SMILES string of the molecule is O=C(NCc1nncn1-c1ccccc1)c1ccnc(-n2cncn2)c1. The lowest BCUT2D eigenvalue weighted by atomic mass is 10.2. The van der Waals surface area contributed by atoms with Crippen molar-refractivity contribution in [1.29, 1.82) is 0 Å². The minimum atomic E-state index is -0.239. The van der Waals surface area contributed by atoms with Crippen LogP contribution in [0.3, 0.4) is 0 Å². The van der Waals surface area contributed by atoms with E-state index in [2.05, 4.69) is 30.6 Å². The zero-order valence-electron chi connectivity index (χ0n) is 13.6. The quantitative estimate of drug-likeness (QED) is 0.582. The largest absolute Gasteiger partial charge is 0.345 e. The maximum absolute atomic E-state index is 12.5. The molecule has 0 fully saturated rings. The third kappa shape index (κ3) is 3.18. The predicted octanol–water partition coefficient (Wildman–Crippen LogP) is 1.17. The van der Waals surface area contributed by atoms with Crippen LogP contribution in [0.1, 0.15) is 16.2 Å². The molecule has 9 nitrogen and oxygen atoms in total. The van der Waals surface area contributed by atoms with Crippen molar-refractivity contribution in [3.8, 4) is 11.5 Å². The average molecular weight is 346 g/mol. The van der Waals surface area contributed by atoms with E-state index in [1.54, 1.807) is 24.7 Å². The van der Waals surface area contributed by atoms with Gasteiger partial charge in [0.25, 0.3) is 5.91 Å². The first-order chi connectivity index (χ1) is 12.8. The average Bonchev–Trinajstić information content (AvgIpc) is 3.39. The van der Waals surface area contributed by atoms with E-state index in [1.807, 2.05) is 34.9 Å². The van der Waals surface area contributed by atoms with Gasteiger partial charge in [0.2, 0.25) is 0 Å². The first-order valence-corrected chi connectivity index (χ1v) is 7.85. The molecule has 0 atom stereocenters. The summed E-state index contributed by atoms with van der Waals surface area (Å²) in [5, 5.41) is 14.9. The zero-order chi connectivity index (χ0) is 17.8. The molecule has 26 heavy (non-hydrogen) atoms. The highest BCUT2D eigenvalue weighted by molar-refractivity contribution is 5.94. The molecule has 3 heterocycles. The van der Waals surface area contributed by atoms with Gasteiger partial charge >= 0.3 is 0 Å². The highest BCUT2D eigenvalue weighted by atomic mass is 16.1. The zero-order valence-corrected chi connectivity index (χ0v) is 13.6. The van der Waals surface area contributed by atoms with E-state index >= 15 is 0 Å². The normalized spacial score (nSPS) is 10.6. The van der Waals surface area contributed by atoms with Crippen molar-refractivity contribution in [1.82, 2.24) is 39.8 Å². The van der Waals surface area contributed by atoms with Crippen LogP contribution >= 0.6 is 0 Å². The molecule has 0 aliphatic heterocycles. The molecule has 0 bridgehead atoms. The van der Waals surface area contributed by atoms with Crippen molar-refractivity contribution in [2.24, 2.45) is 0 Å². The Hall–Kier alpha value is -3.88. The summed E-state index contributed by atoms with van der Waals surface area (Å²) in [5.74, 6) is 0.911. The van der Waals surface area contributed by atoms with Crippen LogP contribution in [0, 0.1) is 0 Å². The minimum absolute atomic E-state index is 0.239. The summed E-state index contributed by atoms with van der Waals surface area (Å²) >= 11 is 0. The number of para-hydroxylation sites is 1. The van der Waals surface area contributed by atoms with E-state index < -0.39 is 0 Å². The number of amides is 1. The number of nitrogens with one attached hydrogen (secondary N) is 1. The Bertz CT molecular complexity index is 1010. The number of carbonyl (C=O) groups is 1. The predicted molar refractivity (Wildman–Crippen MR) is 91.7 cm³/mol. The van der Waals surface area contributed by atoms with Gasteiger partial charge in [-0.2, -0.15) is 5.10 Å². The van der Waals surface area contributed by atoms with Crippen LogP contribution in [-0.2, 0) is 6.54 Å². The maximum atomic E-state index is 12.5. The molecule has 3 aromatic heterocycles. The summed E-state index contributed by atoms with van der Waals surface area (Å²) in [6.45, 7) is 0.245. The Morgan fingerprint density at radius 1 is 1.12 bits per heavy atom. The monoisotopic (exact) mass is 346 g/mol. The highest BCUT2D eigenvalue weighted by Gasteiger charge is 2.11. The van der Waals surface area contributed by atoms with Crippen molar-refractivity contribution in [3.63, 3.8) is 0 Å². The van der Waals surface area contributed by atoms with Gasteiger partial charge in [0.05, 0.1) is 6.54 Å². The summed E-state index contributed by atoms with van der Waals surface area (Å²) in [4.78, 5) is 20.5. The van der Waals surface area contributed by atoms with Crippen LogP contribution in [0.2, 0.25) is 0 Å². The van der Waals surface area contributed by atoms with Crippen LogP contribution in [0.15, 0.2) is 67.6 Å². The highest BCUT2D eigenvalue weighted by Crippen LogP contribution is 2.09. The molecular formula is C17H14N8O. The number of hydrogen-bond acceptors (Lipinski definition) is 6. The lowest BCUT2D eigenvalue weighted by Gasteiger charge is -2.08. The van der Waals surface area contributed by atoms with Crippen molar-refractivity contribution in [3.05, 3.63) is 79.0 Å². The first kappa shape index (κ1) is 15.6. The summed E-state index contributed by atoms with van der Waals surface area (Å²) in [6.07, 6.45) is 6.10. The summed E-state index contributed by atoms with van der Waals surface area (Å²) in [5.41, 5.74) is 1.40. The lowest BCUT2D eigenvalue weighted by Crippen LogP contribution is -2.24. The lowest BCUT2D eigenvalue weighted by molar-refractivity contribution is 0.0949. The molecule has 0 unspecified atom stereocenters. The number of rotatable bonds is 5. The van der Waals surface area contributed by atoms with Crippen molar-refractivity contribution >= 4 is 5.91 Å². The smallest absolute Gasteiger partial charge is 0.251 e. The molecule has 0 spiro atoms. The van der Waals surface area contributed by atoms with E-state index in [0.717, 1.165) is 5.69 Å². The van der Waals surface area contributed by atoms with E-state index in [0.29, 0.717) is 17.2 Å². The van der Waals surface area contributed by atoms with Gasteiger partial charge in [-0.25, -0.2) is 14.6 Å². The van der Waals surface area contributed by atoms with Crippen molar-refractivity contribution < 1.29 is 4.79 Å². The van der Waals surface area contributed by atoms with Gasteiger partial charge in [0, 0.05) is 17.4 Å². The molecular weight excluding hydrogens is 332 g/mol. The molecule has 1 N–H and O–H groups in total. The molecule has 128 valence electrons. The Morgan fingerprint density at radius 3 is 2.81 bits per heavy atom. The van der Waals surface area contributed by atoms with E-state index in [1.165, 1.54) is 17.3 Å². The van der Waals surface area contributed by atoms with Gasteiger partial charge in [0.1, 0.15) is 19.0 Å². The molecule has 1 aromatic carbocycles. The Kier molecular flexibility index (Phi) is 4.17. The number of carbonyl (C=O) groups excluding carboxylic acids is 1. The van der Waals surface area contributed by atoms with Crippen LogP contribution in [0.25, 0.3) is 11.5 Å². The third-order valence-electron chi connectivity index (χ3n) is 3.72. The van der Waals surface area contributed by atoms with Crippen molar-refractivity contribution in [2.75, 3.05) is 0 Å². The molecule has 4 rings (SSSR count). The first-order valence-electron chi connectivity index (χ1n) is 7.85. The Morgan fingerprint density at radius 2 is 2.00 bits per heavy atom. The summed E-state index contributed by atoms with van der Waals surface area (Å²) in [6, 6.07) is 13.0. The van der Waals surface area contributed by atoms with Gasteiger partial charge in [-0.05, 0) is 24.3 Å². The molecule has 0 saturated carbocycles. The van der Waals surface area contributed by atoms with Crippen LogP contribution < -0.4 is 5.32 Å². The molecule has 4 aromatic rings. The fourth-order valence-electron chi connectivity index (χ4n) is 2.46. The number of benzene rings is 1. The maximum Gasteiger partial charge on any atom is 0.251 e. The van der Waals surface area contributed by atoms with E-state index in [-0.39, 0.29) is 12.5 Å². The number of hydrogen-bond donors (Lipinski definition) is 1. The van der Waals surface area contributed by atoms with Gasteiger partial charge in [-0.3, -0.25) is 9.36 Å². The Labute approximate surface area is 148 Å². The fourth-order valence-corrected chi connectivity index (χ4v) is 2.46. The van der Waals surface area contributed by atoms with E-state index in [4.69, 9.17) is 0 Å². The molecule has 0 aliphatic rings. The molecule has 9 heteroatoms. The Balaban J connectivity index is 1.49. The molecule has 1 amide bonds. The second-order valence-electron chi connectivity index (χ2n) is 5.38. The minimum Gasteiger partial charge on any atom is -0.345 e. The van der Waals surface area contributed by atoms with Crippen LogP contribution in [0.4, 0.5) is 0 Å². The van der Waals surface area contributed by atoms with Crippen molar-refractivity contribution in [2.45, 2.75) is 6.54 Å². The van der Waals surface area contributed by atoms with Crippen LogP contribution in [-0.4, -0.2) is 40.4 Å². The van der Waals surface area contributed by atoms with E-state index in [9.17, 15) is 4.79 Å². The molecule has 0 radical (unpaired) electrons. The second kappa shape index (κ2) is 6.93. The molecule has 0 saturated heterocycles. The fraction of sp³-hybridized carbons (Fsp3) is 0.0588. The topological polar surface area (TPSA) is 103 Å². The summed E-state index contributed by atoms with van der Waals surface area (Å²) in [7, 11) is 0. The van der Waals surface area contributed by atoms with Gasteiger partial charge in [-0.15, -0.1) is 10.2 Å².